The van der Waals surface area contributed by atoms with Crippen molar-refractivity contribution in [3.8, 4) is 11.5 Å². The summed E-state index contributed by atoms with van der Waals surface area (Å²) >= 11 is 0. The Bertz CT molecular complexity index is 485. The van der Waals surface area contributed by atoms with Gasteiger partial charge in [0.2, 0.25) is 0 Å². The van der Waals surface area contributed by atoms with E-state index in [0.717, 1.165) is 13.1 Å². The first-order chi connectivity index (χ1) is 10.2. The molecule has 21 heavy (non-hydrogen) atoms. The summed E-state index contributed by atoms with van der Waals surface area (Å²) in [7, 11) is 3.13. The fourth-order valence-corrected chi connectivity index (χ4v) is 2.46. The molecule has 1 saturated heterocycles. The van der Waals surface area contributed by atoms with E-state index in [-0.39, 0.29) is 12.5 Å². The van der Waals surface area contributed by atoms with Gasteiger partial charge in [0, 0.05) is 38.8 Å². The Morgan fingerprint density at radius 2 is 1.90 bits per heavy atom. The number of rotatable bonds is 5. The fraction of sp³-hybridized carbons (Fsp3) is 0.533. The van der Waals surface area contributed by atoms with Crippen molar-refractivity contribution in [2.75, 3.05) is 53.6 Å². The molecule has 0 radical (unpaired) electrons. The maximum Gasteiger partial charge on any atom is 0.257 e. The van der Waals surface area contributed by atoms with Crippen LogP contribution in [0.25, 0.3) is 0 Å². The first-order valence-corrected chi connectivity index (χ1v) is 7.04. The quantitative estimate of drug-likeness (QED) is 0.854. The highest BCUT2D eigenvalue weighted by Crippen LogP contribution is 2.26. The van der Waals surface area contributed by atoms with Crippen LogP contribution in [0.5, 0.6) is 11.5 Å². The Balaban J connectivity index is 2.07. The highest BCUT2D eigenvalue weighted by molar-refractivity contribution is 5.97. The molecule has 6 nitrogen and oxygen atoms in total. The number of nitrogens with zero attached hydrogens (tertiary/aromatic N) is 2. The van der Waals surface area contributed by atoms with Crippen molar-refractivity contribution in [1.29, 1.82) is 0 Å². The normalized spacial score (nSPS) is 15.9. The number of hydrogen-bond donors (Lipinski definition) is 1. The number of carbonyl (C=O) groups excluding carboxylic acids is 1. The van der Waals surface area contributed by atoms with Gasteiger partial charge < -0.3 is 19.5 Å². The molecule has 0 spiro atoms. The largest absolute Gasteiger partial charge is 0.497 e. The second-order valence-electron chi connectivity index (χ2n) is 4.92. The number of benzene rings is 1. The van der Waals surface area contributed by atoms with Crippen molar-refractivity contribution in [2.45, 2.75) is 0 Å². The smallest absolute Gasteiger partial charge is 0.257 e. The highest BCUT2D eigenvalue weighted by atomic mass is 16.5. The number of aliphatic hydroxyl groups is 1. The van der Waals surface area contributed by atoms with Crippen LogP contribution < -0.4 is 9.47 Å². The number of methoxy groups -OCH3 is 2. The monoisotopic (exact) mass is 294 g/mol. The van der Waals surface area contributed by atoms with Gasteiger partial charge >= 0.3 is 0 Å². The van der Waals surface area contributed by atoms with Crippen molar-refractivity contribution in [1.82, 2.24) is 9.80 Å². The topological polar surface area (TPSA) is 62.2 Å². The number of carbonyl (C=O) groups is 1. The molecular formula is C15H22N2O4. The Morgan fingerprint density at radius 3 is 2.48 bits per heavy atom. The number of aliphatic hydroxyl groups excluding tert-OH is 1. The zero-order chi connectivity index (χ0) is 15.2. The summed E-state index contributed by atoms with van der Waals surface area (Å²) in [4.78, 5) is 16.5. The zero-order valence-electron chi connectivity index (χ0n) is 12.5. The number of piperazine rings is 1. The van der Waals surface area contributed by atoms with Crippen molar-refractivity contribution in [3.05, 3.63) is 23.8 Å². The second kappa shape index (κ2) is 7.28. The predicted octanol–water partition coefficient (Wildman–Crippen LogP) is 0.454. The average Bonchev–Trinajstić information content (AvgIpc) is 2.54. The molecule has 0 aromatic heterocycles. The van der Waals surface area contributed by atoms with E-state index in [4.69, 9.17) is 14.6 Å². The van der Waals surface area contributed by atoms with Crippen molar-refractivity contribution < 1.29 is 19.4 Å². The summed E-state index contributed by atoms with van der Waals surface area (Å²) in [6.07, 6.45) is 0. The Morgan fingerprint density at radius 1 is 1.19 bits per heavy atom. The van der Waals surface area contributed by atoms with Crippen LogP contribution in [0.15, 0.2) is 18.2 Å². The van der Waals surface area contributed by atoms with Gasteiger partial charge in [-0.2, -0.15) is 0 Å². The molecule has 1 fully saturated rings. The Hall–Kier alpha value is -1.79. The van der Waals surface area contributed by atoms with Gasteiger partial charge in [-0.05, 0) is 12.1 Å². The van der Waals surface area contributed by atoms with E-state index in [2.05, 4.69) is 4.90 Å². The van der Waals surface area contributed by atoms with Gasteiger partial charge in [-0.1, -0.05) is 0 Å². The van der Waals surface area contributed by atoms with E-state index in [9.17, 15) is 4.79 Å². The van der Waals surface area contributed by atoms with Crippen LogP contribution in [-0.2, 0) is 0 Å². The molecule has 1 aliphatic rings. The third-order valence-electron chi connectivity index (χ3n) is 3.71. The lowest BCUT2D eigenvalue weighted by Crippen LogP contribution is -2.49. The van der Waals surface area contributed by atoms with E-state index in [1.54, 1.807) is 32.4 Å². The van der Waals surface area contributed by atoms with Crippen LogP contribution in [0.4, 0.5) is 0 Å². The number of β-amino-alcohol motifs (C(OH)–C–C–N with tert-alkyl or cyclic N) is 1. The molecule has 1 aliphatic heterocycles. The SMILES string of the molecule is COc1ccc(C(=O)N2CCN(CCO)CC2)c(OC)c1. The average molecular weight is 294 g/mol. The summed E-state index contributed by atoms with van der Waals surface area (Å²) in [6.45, 7) is 3.70. The third-order valence-corrected chi connectivity index (χ3v) is 3.71. The molecule has 1 N–H and O–H groups in total. The molecule has 0 saturated carbocycles. The minimum Gasteiger partial charge on any atom is -0.497 e. The Labute approximate surface area is 124 Å². The van der Waals surface area contributed by atoms with E-state index in [1.165, 1.54) is 0 Å². The summed E-state index contributed by atoms with van der Waals surface area (Å²) < 4.78 is 10.4. The molecule has 1 amide bonds. The van der Waals surface area contributed by atoms with Crippen LogP contribution in [0.3, 0.4) is 0 Å². The van der Waals surface area contributed by atoms with Gasteiger partial charge in [-0.15, -0.1) is 0 Å². The summed E-state index contributed by atoms with van der Waals surface area (Å²) in [5, 5.41) is 8.94. The van der Waals surface area contributed by atoms with E-state index in [1.807, 2.05) is 4.90 Å². The maximum atomic E-state index is 12.6. The molecule has 0 unspecified atom stereocenters. The molecule has 6 heteroatoms. The molecular weight excluding hydrogens is 272 g/mol. The minimum absolute atomic E-state index is 0.0295. The summed E-state index contributed by atoms with van der Waals surface area (Å²) in [5.41, 5.74) is 0.550. The van der Waals surface area contributed by atoms with Gasteiger partial charge in [0.1, 0.15) is 11.5 Å². The van der Waals surface area contributed by atoms with Crippen LogP contribution in [0, 0.1) is 0 Å². The molecule has 0 aliphatic carbocycles. The predicted molar refractivity (Wildman–Crippen MR) is 79.0 cm³/mol. The number of hydrogen-bond acceptors (Lipinski definition) is 5. The summed E-state index contributed by atoms with van der Waals surface area (Å²) in [6, 6.07) is 5.22. The molecule has 0 bridgehead atoms. The molecule has 116 valence electrons. The molecule has 0 atom stereocenters. The lowest BCUT2D eigenvalue weighted by Gasteiger charge is -2.34. The molecule has 1 heterocycles. The van der Waals surface area contributed by atoms with Gasteiger partial charge in [-0.25, -0.2) is 0 Å². The lowest BCUT2D eigenvalue weighted by atomic mass is 10.1. The van der Waals surface area contributed by atoms with Crippen LogP contribution in [-0.4, -0.2) is 74.4 Å². The van der Waals surface area contributed by atoms with E-state index in [0.29, 0.717) is 36.7 Å². The first kappa shape index (κ1) is 15.6. The standard InChI is InChI=1S/C15H22N2O4/c1-20-12-3-4-13(14(11-12)21-2)15(19)17-7-5-16(6-8-17)9-10-18/h3-4,11,18H,5-10H2,1-2H3. The summed E-state index contributed by atoms with van der Waals surface area (Å²) in [5.74, 6) is 1.16. The van der Waals surface area contributed by atoms with Crippen molar-refractivity contribution in [3.63, 3.8) is 0 Å². The van der Waals surface area contributed by atoms with Crippen LogP contribution in [0.2, 0.25) is 0 Å². The third kappa shape index (κ3) is 3.65. The van der Waals surface area contributed by atoms with Gasteiger partial charge in [0.05, 0.1) is 26.4 Å². The molecule has 1 aromatic carbocycles. The highest BCUT2D eigenvalue weighted by Gasteiger charge is 2.24. The zero-order valence-corrected chi connectivity index (χ0v) is 12.5. The second-order valence-corrected chi connectivity index (χ2v) is 4.92. The van der Waals surface area contributed by atoms with Crippen LogP contribution >= 0.6 is 0 Å². The van der Waals surface area contributed by atoms with Gasteiger partial charge in [0.15, 0.2) is 0 Å². The lowest BCUT2D eigenvalue weighted by molar-refractivity contribution is 0.0612. The van der Waals surface area contributed by atoms with Gasteiger partial charge in [0.25, 0.3) is 5.91 Å². The number of ether oxygens (including phenoxy) is 2. The molecule has 1 aromatic rings. The fourth-order valence-electron chi connectivity index (χ4n) is 2.46. The molecule has 2 rings (SSSR count). The first-order valence-electron chi connectivity index (χ1n) is 7.04. The van der Waals surface area contributed by atoms with Crippen molar-refractivity contribution >= 4 is 5.91 Å². The minimum atomic E-state index is -0.0295. The number of amides is 1. The van der Waals surface area contributed by atoms with E-state index >= 15 is 0 Å². The van der Waals surface area contributed by atoms with Crippen molar-refractivity contribution in [2.24, 2.45) is 0 Å². The Kier molecular flexibility index (Phi) is 5.41. The van der Waals surface area contributed by atoms with E-state index < -0.39 is 0 Å². The van der Waals surface area contributed by atoms with Crippen LogP contribution in [0.1, 0.15) is 10.4 Å². The van der Waals surface area contributed by atoms with Gasteiger partial charge in [-0.3, -0.25) is 9.69 Å². The maximum absolute atomic E-state index is 12.6.